The van der Waals surface area contributed by atoms with Crippen molar-refractivity contribution in [3.8, 4) is 5.75 Å². The molecule has 0 radical (unpaired) electrons. The van der Waals surface area contributed by atoms with Gasteiger partial charge in [0.25, 0.3) is 0 Å². The number of carbonyl (C=O) groups is 1. The molecule has 3 atom stereocenters. The largest absolute Gasteiger partial charge is 0.496 e. The Hall–Kier alpha value is -1.07. The van der Waals surface area contributed by atoms with Gasteiger partial charge in [0.1, 0.15) is 5.75 Å². The highest BCUT2D eigenvalue weighted by Crippen LogP contribution is 2.34. The molecule has 0 spiro atoms. The molecule has 4 nitrogen and oxygen atoms in total. The average molecular weight is 325 g/mol. The summed E-state index contributed by atoms with van der Waals surface area (Å²) in [7, 11) is 1.62. The first kappa shape index (κ1) is 12.9. The summed E-state index contributed by atoms with van der Waals surface area (Å²) in [6.45, 7) is 0. The highest BCUT2D eigenvalue weighted by Gasteiger charge is 2.42. The van der Waals surface area contributed by atoms with Crippen molar-refractivity contribution < 1.29 is 9.53 Å². The Bertz CT molecular complexity index is 506. The van der Waals surface area contributed by atoms with Crippen LogP contribution in [0.2, 0.25) is 0 Å². The fourth-order valence-corrected chi connectivity index (χ4v) is 3.63. The van der Waals surface area contributed by atoms with E-state index in [1.807, 2.05) is 18.2 Å². The van der Waals surface area contributed by atoms with Crippen molar-refractivity contribution in [2.45, 2.75) is 31.3 Å². The molecule has 2 heterocycles. The van der Waals surface area contributed by atoms with E-state index in [0.717, 1.165) is 28.8 Å². The minimum absolute atomic E-state index is 0.111. The standard InChI is InChI=1S/C14H17BrN2O2/c1-19-13-5-3-9(7-11(13)15)17-14(18)10-6-8-2-4-12(10)16-8/h3,5,7-8,10,12,16H,2,4,6H2,1H3,(H,17,18). The van der Waals surface area contributed by atoms with Gasteiger partial charge in [-0.05, 0) is 53.4 Å². The normalized spacial score (nSPS) is 28.4. The number of fused-ring (bicyclic) bond motifs is 2. The number of ether oxygens (including phenoxy) is 1. The summed E-state index contributed by atoms with van der Waals surface area (Å²) in [5.41, 5.74) is 0.806. The van der Waals surface area contributed by atoms with E-state index in [2.05, 4.69) is 26.6 Å². The van der Waals surface area contributed by atoms with Crippen LogP contribution in [0, 0.1) is 5.92 Å². The maximum atomic E-state index is 12.3. The fourth-order valence-electron chi connectivity index (χ4n) is 3.09. The third-order valence-corrected chi connectivity index (χ3v) is 4.68. The van der Waals surface area contributed by atoms with Gasteiger partial charge < -0.3 is 15.4 Å². The van der Waals surface area contributed by atoms with Crippen LogP contribution in [0.4, 0.5) is 5.69 Å². The van der Waals surface area contributed by atoms with Gasteiger partial charge in [-0.1, -0.05) is 0 Å². The molecule has 5 heteroatoms. The molecule has 2 bridgehead atoms. The van der Waals surface area contributed by atoms with Crippen molar-refractivity contribution in [3.05, 3.63) is 22.7 Å². The minimum Gasteiger partial charge on any atom is -0.496 e. The zero-order valence-electron chi connectivity index (χ0n) is 10.8. The number of carbonyl (C=O) groups excluding carboxylic acids is 1. The maximum Gasteiger partial charge on any atom is 0.229 e. The Morgan fingerprint density at radius 3 is 2.89 bits per heavy atom. The summed E-state index contributed by atoms with van der Waals surface area (Å²) >= 11 is 3.42. The first-order chi connectivity index (χ1) is 9.17. The number of nitrogens with one attached hydrogen (secondary N) is 2. The van der Waals surface area contributed by atoms with Crippen molar-refractivity contribution in [2.75, 3.05) is 12.4 Å². The molecule has 2 aliphatic heterocycles. The lowest BCUT2D eigenvalue weighted by atomic mass is 9.88. The number of hydrogen-bond acceptors (Lipinski definition) is 3. The van der Waals surface area contributed by atoms with Gasteiger partial charge in [-0.15, -0.1) is 0 Å². The van der Waals surface area contributed by atoms with Gasteiger partial charge >= 0.3 is 0 Å². The summed E-state index contributed by atoms with van der Waals surface area (Å²) in [5.74, 6) is 0.996. The lowest BCUT2D eigenvalue weighted by molar-refractivity contribution is -0.120. The molecule has 1 aromatic rings. The molecule has 2 saturated heterocycles. The van der Waals surface area contributed by atoms with Gasteiger partial charge in [0, 0.05) is 17.8 Å². The first-order valence-corrected chi connectivity index (χ1v) is 7.37. The van der Waals surface area contributed by atoms with E-state index in [4.69, 9.17) is 4.74 Å². The van der Waals surface area contributed by atoms with Crippen LogP contribution in [0.15, 0.2) is 22.7 Å². The lowest BCUT2D eigenvalue weighted by Gasteiger charge is -2.19. The second-order valence-electron chi connectivity index (χ2n) is 5.23. The van der Waals surface area contributed by atoms with Crippen molar-refractivity contribution in [1.29, 1.82) is 0 Å². The highest BCUT2D eigenvalue weighted by molar-refractivity contribution is 9.10. The maximum absolute atomic E-state index is 12.3. The Morgan fingerprint density at radius 2 is 2.32 bits per heavy atom. The van der Waals surface area contributed by atoms with Crippen LogP contribution in [0.3, 0.4) is 0 Å². The van der Waals surface area contributed by atoms with E-state index in [1.54, 1.807) is 7.11 Å². The van der Waals surface area contributed by atoms with Crippen LogP contribution < -0.4 is 15.4 Å². The third-order valence-electron chi connectivity index (χ3n) is 4.06. The predicted octanol–water partition coefficient (Wildman–Crippen LogP) is 2.54. The van der Waals surface area contributed by atoms with E-state index < -0.39 is 0 Å². The number of anilines is 1. The van der Waals surface area contributed by atoms with Gasteiger partial charge in [0.05, 0.1) is 17.5 Å². The molecule has 1 aromatic carbocycles. The van der Waals surface area contributed by atoms with Gasteiger partial charge in [0.15, 0.2) is 0 Å². The summed E-state index contributed by atoms with van der Waals surface area (Å²) < 4.78 is 6.02. The summed E-state index contributed by atoms with van der Waals surface area (Å²) in [4.78, 5) is 12.3. The van der Waals surface area contributed by atoms with Crippen molar-refractivity contribution in [1.82, 2.24) is 5.32 Å². The molecule has 19 heavy (non-hydrogen) atoms. The van der Waals surface area contributed by atoms with E-state index >= 15 is 0 Å². The molecule has 0 aromatic heterocycles. The Labute approximate surface area is 121 Å². The number of rotatable bonds is 3. The van der Waals surface area contributed by atoms with E-state index in [0.29, 0.717) is 12.1 Å². The molecule has 102 valence electrons. The monoisotopic (exact) mass is 324 g/mol. The minimum atomic E-state index is 0.111. The number of amides is 1. The third kappa shape index (κ3) is 2.49. The van der Waals surface area contributed by atoms with Crippen LogP contribution in [0.25, 0.3) is 0 Å². The molecule has 3 rings (SSSR count). The Morgan fingerprint density at radius 1 is 1.47 bits per heavy atom. The van der Waals surface area contributed by atoms with Crippen LogP contribution in [-0.2, 0) is 4.79 Å². The molecule has 0 saturated carbocycles. The highest BCUT2D eigenvalue weighted by atomic mass is 79.9. The lowest BCUT2D eigenvalue weighted by Crippen LogP contribution is -2.32. The smallest absolute Gasteiger partial charge is 0.229 e. The van der Waals surface area contributed by atoms with E-state index in [9.17, 15) is 4.79 Å². The summed E-state index contributed by atoms with van der Waals surface area (Å²) in [5, 5.41) is 6.48. The van der Waals surface area contributed by atoms with Gasteiger partial charge in [-0.2, -0.15) is 0 Å². The summed E-state index contributed by atoms with van der Waals surface area (Å²) in [6.07, 6.45) is 3.30. The second-order valence-corrected chi connectivity index (χ2v) is 6.08. The van der Waals surface area contributed by atoms with Crippen molar-refractivity contribution >= 4 is 27.5 Å². The molecular formula is C14H17BrN2O2. The summed E-state index contributed by atoms with van der Waals surface area (Å²) in [6, 6.07) is 6.49. The van der Waals surface area contributed by atoms with E-state index in [-0.39, 0.29) is 11.8 Å². The average Bonchev–Trinajstić information content (AvgIpc) is 3.01. The predicted molar refractivity (Wildman–Crippen MR) is 77.4 cm³/mol. The van der Waals surface area contributed by atoms with Gasteiger partial charge in [-0.3, -0.25) is 4.79 Å². The van der Waals surface area contributed by atoms with Crippen molar-refractivity contribution in [2.24, 2.45) is 5.92 Å². The second kappa shape index (κ2) is 5.13. The van der Waals surface area contributed by atoms with E-state index in [1.165, 1.54) is 6.42 Å². The Balaban J connectivity index is 1.68. The molecule has 0 aliphatic carbocycles. The number of benzene rings is 1. The molecule has 2 N–H and O–H groups in total. The van der Waals surface area contributed by atoms with Crippen LogP contribution in [0.5, 0.6) is 5.75 Å². The Kier molecular flexibility index (Phi) is 3.50. The first-order valence-electron chi connectivity index (χ1n) is 6.58. The molecule has 2 aliphatic rings. The number of hydrogen-bond donors (Lipinski definition) is 2. The zero-order chi connectivity index (χ0) is 13.4. The fraction of sp³-hybridized carbons (Fsp3) is 0.500. The molecule has 3 unspecified atom stereocenters. The van der Waals surface area contributed by atoms with Gasteiger partial charge in [0.2, 0.25) is 5.91 Å². The molecule has 2 fully saturated rings. The molecule has 1 amide bonds. The SMILES string of the molecule is COc1ccc(NC(=O)C2CC3CCC2N3)cc1Br. The topological polar surface area (TPSA) is 50.4 Å². The molecular weight excluding hydrogens is 308 g/mol. The van der Waals surface area contributed by atoms with Crippen molar-refractivity contribution in [3.63, 3.8) is 0 Å². The number of halogens is 1. The zero-order valence-corrected chi connectivity index (χ0v) is 12.4. The quantitative estimate of drug-likeness (QED) is 0.898. The van der Waals surface area contributed by atoms with Crippen LogP contribution >= 0.6 is 15.9 Å². The van der Waals surface area contributed by atoms with Crippen LogP contribution in [-0.4, -0.2) is 25.1 Å². The van der Waals surface area contributed by atoms with Crippen LogP contribution in [0.1, 0.15) is 19.3 Å². The number of methoxy groups -OCH3 is 1. The van der Waals surface area contributed by atoms with Gasteiger partial charge in [-0.25, -0.2) is 0 Å².